The number of hydrogen-bond donors (Lipinski definition) is 2. The fourth-order valence-corrected chi connectivity index (χ4v) is 3.21. The van der Waals surface area contributed by atoms with Gasteiger partial charge in [-0.25, -0.2) is 0 Å². The number of nitrogens with two attached hydrogens (primary N) is 1. The number of thioether (sulfide) groups is 1. The molecule has 2 heterocycles. The molecule has 0 aromatic rings. The van der Waals surface area contributed by atoms with E-state index in [9.17, 15) is 9.59 Å². The Morgan fingerprint density at radius 3 is 2.67 bits per heavy atom. The van der Waals surface area contributed by atoms with Crippen LogP contribution in [-0.4, -0.2) is 47.0 Å². The minimum atomic E-state index is -0.410. The maximum atomic E-state index is 11.6. The van der Waals surface area contributed by atoms with Crippen LogP contribution in [0.4, 0.5) is 0 Å². The molecule has 3 N–H and O–H groups in total. The minimum absolute atomic E-state index is 0.0359. The van der Waals surface area contributed by atoms with E-state index in [1.807, 2.05) is 11.8 Å². The number of nitrogens with zero attached hydrogens (tertiary/aromatic N) is 1. The van der Waals surface area contributed by atoms with Crippen LogP contribution in [0.15, 0.2) is 0 Å². The lowest BCUT2D eigenvalue weighted by molar-refractivity contribution is -0.138. The van der Waals surface area contributed by atoms with Crippen molar-refractivity contribution in [2.24, 2.45) is 5.73 Å². The lowest BCUT2D eigenvalue weighted by Gasteiger charge is -2.47. The summed E-state index contributed by atoms with van der Waals surface area (Å²) < 4.78 is 0. The molecule has 15 heavy (non-hydrogen) atoms. The van der Waals surface area contributed by atoms with Crippen LogP contribution in [0.2, 0.25) is 0 Å². The minimum Gasteiger partial charge on any atom is -0.370 e. The van der Waals surface area contributed by atoms with Crippen LogP contribution < -0.4 is 11.1 Å². The summed E-state index contributed by atoms with van der Waals surface area (Å²) in [6, 6.07) is 0. The van der Waals surface area contributed by atoms with Crippen molar-refractivity contribution in [1.29, 1.82) is 0 Å². The van der Waals surface area contributed by atoms with Gasteiger partial charge in [-0.2, -0.15) is 0 Å². The van der Waals surface area contributed by atoms with Gasteiger partial charge < -0.3 is 10.6 Å². The number of primary amides is 1. The Balaban J connectivity index is 1.74. The van der Waals surface area contributed by atoms with Gasteiger partial charge in [-0.1, -0.05) is 0 Å². The quantitative estimate of drug-likeness (QED) is 0.659. The largest absolute Gasteiger partial charge is 0.370 e. The van der Waals surface area contributed by atoms with Gasteiger partial charge in [0.05, 0.1) is 13.1 Å². The Kier molecular flexibility index (Phi) is 2.88. The summed E-state index contributed by atoms with van der Waals surface area (Å²) in [4.78, 5) is 24.0. The second-order valence-corrected chi connectivity index (χ2v) is 5.46. The fourth-order valence-electron chi connectivity index (χ4n) is 1.91. The fraction of sp³-hybridized carbons (Fsp3) is 0.778. The van der Waals surface area contributed by atoms with E-state index >= 15 is 0 Å². The second kappa shape index (κ2) is 4.02. The van der Waals surface area contributed by atoms with Crippen molar-refractivity contribution in [2.45, 2.75) is 17.7 Å². The van der Waals surface area contributed by atoms with Gasteiger partial charge in [0.2, 0.25) is 11.8 Å². The van der Waals surface area contributed by atoms with Crippen LogP contribution in [0.1, 0.15) is 12.8 Å². The topological polar surface area (TPSA) is 75.4 Å². The first-order valence-electron chi connectivity index (χ1n) is 5.06. The third-order valence-electron chi connectivity index (χ3n) is 2.76. The lowest BCUT2D eigenvalue weighted by Crippen LogP contribution is -2.66. The highest BCUT2D eigenvalue weighted by atomic mass is 32.2. The summed E-state index contributed by atoms with van der Waals surface area (Å²) >= 11 is 1.88. The number of nitrogens with one attached hydrogen (secondary N) is 1. The lowest BCUT2D eigenvalue weighted by atomic mass is 10.1. The highest BCUT2D eigenvalue weighted by Crippen LogP contribution is 2.36. The van der Waals surface area contributed by atoms with Crippen molar-refractivity contribution in [3.63, 3.8) is 0 Å². The second-order valence-electron chi connectivity index (χ2n) is 3.99. The third kappa shape index (κ3) is 2.26. The van der Waals surface area contributed by atoms with Gasteiger partial charge in [0, 0.05) is 25.1 Å². The van der Waals surface area contributed by atoms with Gasteiger partial charge in [-0.3, -0.25) is 14.9 Å². The summed E-state index contributed by atoms with van der Waals surface area (Å²) in [5, 5.41) is 3.40. The van der Waals surface area contributed by atoms with Crippen LogP contribution in [-0.2, 0) is 9.59 Å². The molecule has 6 heteroatoms. The normalized spacial score (nSPS) is 22.8. The molecule has 2 rings (SSSR count). The molecule has 0 bridgehead atoms. The van der Waals surface area contributed by atoms with Crippen molar-refractivity contribution in [2.75, 3.05) is 25.4 Å². The highest BCUT2D eigenvalue weighted by molar-refractivity contribution is 8.01. The van der Waals surface area contributed by atoms with Gasteiger partial charge in [-0.05, 0) is 0 Å². The van der Waals surface area contributed by atoms with Crippen LogP contribution >= 0.6 is 11.8 Å². The van der Waals surface area contributed by atoms with Crippen molar-refractivity contribution in [3.05, 3.63) is 0 Å². The number of amides is 2. The predicted octanol–water partition coefficient (Wildman–Crippen LogP) is -0.873. The first-order chi connectivity index (χ1) is 7.11. The van der Waals surface area contributed by atoms with Crippen LogP contribution in [0, 0.1) is 0 Å². The molecule has 2 amide bonds. The monoisotopic (exact) mass is 229 g/mol. The van der Waals surface area contributed by atoms with Crippen LogP contribution in [0.3, 0.4) is 0 Å². The van der Waals surface area contributed by atoms with Crippen molar-refractivity contribution >= 4 is 23.6 Å². The van der Waals surface area contributed by atoms with E-state index in [1.54, 1.807) is 4.90 Å². The Hall–Kier alpha value is -0.750. The summed E-state index contributed by atoms with van der Waals surface area (Å²) in [5.41, 5.74) is 4.99. The number of carbonyl (C=O) groups is 2. The van der Waals surface area contributed by atoms with Crippen molar-refractivity contribution in [1.82, 2.24) is 10.2 Å². The van der Waals surface area contributed by atoms with Gasteiger partial charge >= 0.3 is 0 Å². The van der Waals surface area contributed by atoms with Gasteiger partial charge in [0.15, 0.2) is 0 Å². The van der Waals surface area contributed by atoms with E-state index in [0.29, 0.717) is 0 Å². The molecule has 84 valence electrons. The average Bonchev–Trinajstić information content (AvgIpc) is 2.60. The zero-order valence-electron chi connectivity index (χ0n) is 8.49. The molecule has 2 fully saturated rings. The number of likely N-dealkylation sites (tertiary alicyclic amines) is 1. The predicted molar refractivity (Wildman–Crippen MR) is 58.2 cm³/mol. The zero-order chi connectivity index (χ0) is 10.9. The molecule has 0 aromatic carbocycles. The van der Waals surface area contributed by atoms with Crippen molar-refractivity contribution in [3.8, 4) is 0 Å². The Morgan fingerprint density at radius 2 is 2.13 bits per heavy atom. The van der Waals surface area contributed by atoms with Gasteiger partial charge in [0.1, 0.15) is 4.87 Å². The molecule has 2 aliphatic rings. The van der Waals surface area contributed by atoms with Crippen molar-refractivity contribution < 1.29 is 9.59 Å². The van der Waals surface area contributed by atoms with Crippen LogP contribution in [0.5, 0.6) is 0 Å². The first-order valence-corrected chi connectivity index (χ1v) is 6.05. The molecular weight excluding hydrogens is 214 g/mol. The van der Waals surface area contributed by atoms with Crippen LogP contribution in [0.25, 0.3) is 0 Å². The maximum Gasteiger partial charge on any atom is 0.223 e. The SMILES string of the molecule is NC(=O)CCC(=O)N1CC2(C1)NCCS2. The molecule has 2 aliphatic heterocycles. The standard InChI is InChI=1S/C9H15N3O2S/c10-7(13)1-2-8(14)12-5-9(6-12)11-3-4-15-9/h11H,1-6H2,(H2,10,13). The molecule has 0 aromatic heterocycles. The summed E-state index contributed by atoms with van der Waals surface area (Å²) in [7, 11) is 0. The molecule has 5 nitrogen and oxygen atoms in total. The third-order valence-corrected chi connectivity index (χ3v) is 4.12. The molecule has 0 unspecified atom stereocenters. The smallest absolute Gasteiger partial charge is 0.223 e. The highest BCUT2D eigenvalue weighted by Gasteiger charge is 2.47. The Morgan fingerprint density at radius 1 is 1.40 bits per heavy atom. The summed E-state index contributed by atoms with van der Waals surface area (Å²) in [6.45, 7) is 2.54. The van der Waals surface area contributed by atoms with E-state index < -0.39 is 5.91 Å². The molecule has 2 saturated heterocycles. The van der Waals surface area contributed by atoms with E-state index in [2.05, 4.69) is 5.32 Å². The van der Waals surface area contributed by atoms with E-state index in [1.165, 1.54) is 0 Å². The molecule has 0 atom stereocenters. The van der Waals surface area contributed by atoms with Gasteiger partial charge in [-0.15, -0.1) is 11.8 Å². The first kappa shape index (κ1) is 10.8. The number of hydrogen-bond acceptors (Lipinski definition) is 4. The Labute approximate surface area is 92.7 Å². The van der Waals surface area contributed by atoms with Gasteiger partial charge in [0.25, 0.3) is 0 Å². The number of rotatable bonds is 3. The molecule has 0 aliphatic carbocycles. The maximum absolute atomic E-state index is 11.6. The molecule has 1 spiro atoms. The van der Waals surface area contributed by atoms with E-state index in [4.69, 9.17) is 5.73 Å². The van der Waals surface area contributed by atoms with E-state index in [-0.39, 0.29) is 23.6 Å². The number of carbonyl (C=O) groups excluding carboxylic acids is 2. The summed E-state index contributed by atoms with van der Waals surface area (Å²) in [6.07, 6.45) is 0.402. The molecule has 0 radical (unpaired) electrons. The Bertz CT molecular complexity index is 281. The van der Waals surface area contributed by atoms with E-state index in [0.717, 1.165) is 25.4 Å². The molecular formula is C9H15N3O2S. The zero-order valence-corrected chi connectivity index (χ0v) is 9.31. The summed E-state index contributed by atoms with van der Waals surface area (Å²) in [5.74, 6) is 0.740. The molecule has 0 saturated carbocycles. The average molecular weight is 229 g/mol.